The Hall–Kier alpha value is -1.50. The molecule has 1 aromatic carbocycles. The van der Waals surface area contributed by atoms with E-state index in [0.29, 0.717) is 16.7 Å². The Kier molecular flexibility index (Phi) is 4.37. The fourth-order valence-corrected chi connectivity index (χ4v) is 2.32. The molecule has 0 aliphatic heterocycles. The Morgan fingerprint density at radius 2 is 2.15 bits per heavy atom. The van der Waals surface area contributed by atoms with Gasteiger partial charge >= 0.3 is 6.18 Å². The van der Waals surface area contributed by atoms with E-state index in [2.05, 4.69) is 26.2 Å². The zero-order chi connectivity index (χ0) is 14.8. The molecule has 0 radical (unpaired) electrons. The summed E-state index contributed by atoms with van der Waals surface area (Å²) >= 11 is 3.16. The number of hydrogen-bond donors (Lipinski definition) is 1. The van der Waals surface area contributed by atoms with Gasteiger partial charge in [-0.3, -0.25) is 0 Å². The maximum atomic E-state index is 12.6. The number of nitrogens with one attached hydrogen (secondary N) is 1. The fraction of sp³-hybridized carbons (Fsp3) is 0.308. The summed E-state index contributed by atoms with van der Waals surface area (Å²) in [5.74, 6) is 0. The monoisotopic (exact) mass is 347 g/mol. The summed E-state index contributed by atoms with van der Waals surface area (Å²) in [4.78, 5) is 3.94. The van der Waals surface area contributed by atoms with Gasteiger partial charge in [-0.1, -0.05) is 0 Å². The molecule has 3 nitrogen and oxygen atoms in total. The first-order valence-corrected chi connectivity index (χ1v) is 6.74. The van der Waals surface area contributed by atoms with E-state index >= 15 is 0 Å². The van der Waals surface area contributed by atoms with Crippen LogP contribution in [-0.4, -0.2) is 15.6 Å². The number of anilines is 1. The molecule has 1 N–H and O–H groups in total. The SMILES string of the molecule is CC(Cn1ccnc1)Nc1ccc(C(F)(F)F)cc1Br. The van der Waals surface area contributed by atoms with Gasteiger partial charge in [-0.15, -0.1) is 0 Å². The molecule has 1 atom stereocenters. The van der Waals surface area contributed by atoms with Crippen LogP contribution >= 0.6 is 15.9 Å². The van der Waals surface area contributed by atoms with Gasteiger partial charge in [0, 0.05) is 35.1 Å². The third kappa shape index (κ3) is 3.75. The molecule has 0 aliphatic rings. The topological polar surface area (TPSA) is 29.9 Å². The van der Waals surface area contributed by atoms with Gasteiger partial charge in [0.05, 0.1) is 11.9 Å². The summed E-state index contributed by atoms with van der Waals surface area (Å²) < 4.78 is 40.0. The summed E-state index contributed by atoms with van der Waals surface area (Å²) in [7, 11) is 0. The van der Waals surface area contributed by atoms with Crippen molar-refractivity contribution in [2.24, 2.45) is 0 Å². The molecule has 108 valence electrons. The number of imidazole rings is 1. The number of rotatable bonds is 4. The molecule has 2 rings (SSSR count). The average molecular weight is 348 g/mol. The molecule has 2 aromatic rings. The first-order valence-electron chi connectivity index (χ1n) is 5.95. The van der Waals surface area contributed by atoms with E-state index < -0.39 is 11.7 Å². The minimum Gasteiger partial charge on any atom is -0.380 e. The van der Waals surface area contributed by atoms with Crippen molar-refractivity contribution in [1.29, 1.82) is 0 Å². The molecule has 0 aliphatic carbocycles. The molecule has 0 saturated carbocycles. The van der Waals surface area contributed by atoms with Gasteiger partial charge in [0.1, 0.15) is 0 Å². The van der Waals surface area contributed by atoms with Crippen molar-refractivity contribution in [2.45, 2.75) is 25.7 Å². The zero-order valence-corrected chi connectivity index (χ0v) is 12.2. The smallest absolute Gasteiger partial charge is 0.380 e. The highest BCUT2D eigenvalue weighted by atomic mass is 79.9. The first kappa shape index (κ1) is 14.9. The van der Waals surface area contributed by atoms with Gasteiger partial charge in [0.25, 0.3) is 0 Å². The first-order chi connectivity index (χ1) is 9.36. The Morgan fingerprint density at radius 3 is 2.70 bits per heavy atom. The second-order valence-corrected chi connectivity index (χ2v) is 5.35. The summed E-state index contributed by atoms with van der Waals surface area (Å²) in [5, 5.41) is 3.16. The molecule has 20 heavy (non-hydrogen) atoms. The summed E-state index contributed by atoms with van der Waals surface area (Å²) in [6.45, 7) is 2.62. The van der Waals surface area contributed by atoms with Gasteiger partial charge in [-0.05, 0) is 41.1 Å². The molecular formula is C13H13BrF3N3. The summed E-state index contributed by atoms with van der Waals surface area (Å²) in [6, 6.07) is 3.62. The van der Waals surface area contributed by atoms with Crippen molar-refractivity contribution in [3.8, 4) is 0 Å². The number of aromatic nitrogens is 2. The third-order valence-corrected chi connectivity index (χ3v) is 3.40. The highest BCUT2D eigenvalue weighted by Crippen LogP contribution is 2.34. The Labute approximate surface area is 123 Å². The van der Waals surface area contributed by atoms with Gasteiger partial charge in [-0.2, -0.15) is 13.2 Å². The van der Waals surface area contributed by atoms with Crippen molar-refractivity contribution in [3.05, 3.63) is 47.0 Å². The van der Waals surface area contributed by atoms with Crippen molar-refractivity contribution in [2.75, 3.05) is 5.32 Å². The van der Waals surface area contributed by atoms with Crippen LogP contribution in [0.2, 0.25) is 0 Å². The largest absolute Gasteiger partial charge is 0.416 e. The highest BCUT2D eigenvalue weighted by Gasteiger charge is 2.30. The lowest BCUT2D eigenvalue weighted by molar-refractivity contribution is -0.137. The van der Waals surface area contributed by atoms with Crippen molar-refractivity contribution in [3.63, 3.8) is 0 Å². The molecular weight excluding hydrogens is 335 g/mol. The Bertz CT molecular complexity index is 567. The maximum absolute atomic E-state index is 12.6. The molecule has 1 aromatic heterocycles. The van der Waals surface area contributed by atoms with E-state index in [1.54, 1.807) is 12.5 Å². The second-order valence-electron chi connectivity index (χ2n) is 4.50. The minimum absolute atomic E-state index is 0.0530. The van der Waals surface area contributed by atoms with Crippen molar-refractivity contribution >= 4 is 21.6 Å². The van der Waals surface area contributed by atoms with Crippen LogP contribution < -0.4 is 5.32 Å². The summed E-state index contributed by atoms with van der Waals surface area (Å²) in [6.07, 6.45) is 0.879. The van der Waals surface area contributed by atoms with E-state index in [1.807, 2.05) is 17.7 Å². The van der Waals surface area contributed by atoms with Gasteiger partial charge in [0.15, 0.2) is 0 Å². The third-order valence-electron chi connectivity index (χ3n) is 2.74. The van der Waals surface area contributed by atoms with Crippen LogP contribution in [0.4, 0.5) is 18.9 Å². The van der Waals surface area contributed by atoms with Crippen LogP contribution in [0.15, 0.2) is 41.4 Å². The zero-order valence-electron chi connectivity index (χ0n) is 10.7. The number of halogens is 4. The highest BCUT2D eigenvalue weighted by molar-refractivity contribution is 9.10. The molecule has 0 spiro atoms. The van der Waals surface area contributed by atoms with Gasteiger partial charge in [-0.25, -0.2) is 4.98 Å². The maximum Gasteiger partial charge on any atom is 0.416 e. The molecule has 7 heteroatoms. The van der Waals surface area contributed by atoms with Gasteiger partial charge < -0.3 is 9.88 Å². The normalized spacial score (nSPS) is 13.2. The molecule has 0 bridgehead atoms. The molecule has 1 heterocycles. The number of alkyl halides is 3. The van der Waals surface area contributed by atoms with E-state index in [-0.39, 0.29) is 6.04 Å². The molecule has 0 saturated heterocycles. The quantitative estimate of drug-likeness (QED) is 0.899. The van der Waals surface area contributed by atoms with Crippen molar-refractivity contribution in [1.82, 2.24) is 9.55 Å². The standard InChI is InChI=1S/C13H13BrF3N3/c1-9(7-20-5-4-18-8-20)19-12-3-2-10(6-11(12)14)13(15,16)17/h2-6,8-9,19H,7H2,1H3. The van der Waals surface area contributed by atoms with Crippen molar-refractivity contribution < 1.29 is 13.2 Å². The van der Waals surface area contributed by atoms with Crippen LogP contribution in [0.1, 0.15) is 12.5 Å². The second kappa shape index (κ2) is 5.87. The predicted octanol–water partition coefficient (Wildman–Crippen LogP) is 4.17. The average Bonchev–Trinajstić information content (AvgIpc) is 2.83. The Morgan fingerprint density at radius 1 is 1.40 bits per heavy atom. The number of nitrogens with zero attached hydrogens (tertiary/aromatic N) is 2. The Balaban J connectivity index is 2.06. The predicted molar refractivity (Wildman–Crippen MR) is 74.5 cm³/mol. The van der Waals surface area contributed by atoms with E-state index in [1.165, 1.54) is 6.07 Å². The van der Waals surface area contributed by atoms with Crippen LogP contribution in [0.25, 0.3) is 0 Å². The number of hydrogen-bond acceptors (Lipinski definition) is 2. The lowest BCUT2D eigenvalue weighted by atomic mass is 10.2. The fourth-order valence-electron chi connectivity index (χ4n) is 1.83. The minimum atomic E-state index is -4.33. The van der Waals surface area contributed by atoms with Crippen LogP contribution in [0.5, 0.6) is 0 Å². The lowest BCUT2D eigenvalue weighted by Gasteiger charge is -2.18. The summed E-state index contributed by atoms with van der Waals surface area (Å²) in [5.41, 5.74) is -0.0391. The number of benzene rings is 1. The molecule has 1 unspecified atom stereocenters. The lowest BCUT2D eigenvalue weighted by Crippen LogP contribution is -2.21. The van der Waals surface area contributed by atoms with Crippen LogP contribution in [-0.2, 0) is 12.7 Å². The van der Waals surface area contributed by atoms with E-state index in [9.17, 15) is 13.2 Å². The van der Waals surface area contributed by atoms with Crippen LogP contribution in [0.3, 0.4) is 0 Å². The van der Waals surface area contributed by atoms with Gasteiger partial charge in [0.2, 0.25) is 0 Å². The van der Waals surface area contributed by atoms with E-state index in [0.717, 1.165) is 12.1 Å². The molecule has 0 amide bonds. The van der Waals surface area contributed by atoms with E-state index in [4.69, 9.17) is 0 Å². The molecule has 0 fully saturated rings. The van der Waals surface area contributed by atoms with Crippen LogP contribution in [0, 0.1) is 0 Å².